The van der Waals surface area contributed by atoms with E-state index in [1.54, 1.807) is 0 Å². The van der Waals surface area contributed by atoms with Crippen molar-refractivity contribution >= 4 is 34.8 Å². The first-order chi connectivity index (χ1) is 8.00. The highest BCUT2D eigenvalue weighted by Gasteiger charge is 2.13. The maximum absolute atomic E-state index is 13.6. The summed E-state index contributed by atoms with van der Waals surface area (Å²) in [4.78, 5) is 12.9. The predicted molar refractivity (Wildman–Crippen MR) is 67.5 cm³/mol. The summed E-state index contributed by atoms with van der Waals surface area (Å²) in [6.07, 6.45) is 0. The van der Waals surface area contributed by atoms with Gasteiger partial charge in [0, 0.05) is 17.2 Å². The van der Waals surface area contributed by atoms with Crippen molar-refractivity contribution in [2.45, 2.75) is 0 Å². The van der Waals surface area contributed by atoms with Gasteiger partial charge in [-0.1, -0.05) is 40.9 Å². The van der Waals surface area contributed by atoms with Crippen molar-refractivity contribution in [3.63, 3.8) is 0 Å². The van der Waals surface area contributed by atoms with Crippen LogP contribution in [0.3, 0.4) is 0 Å². The van der Waals surface area contributed by atoms with Crippen molar-refractivity contribution in [2.75, 3.05) is 0 Å². The fourth-order valence-electron chi connectivity index (χ4n) is 1.39. The lowest BCUT2D eigenvalue weighted by Gasteiger charge is -2.07. The van der Waals surface area contributed by atoms with Crippen molar-refractivity contribution in [2.24, 2.45) is 0 Å². The number of aromatic nitrogens is 1. The Balaban J connectivity index is 2.69. The number of hydrogen-bond donors (Lipinski definition) is 1. The average Bonchev–Trinajstić information content (AvgIpc) is 2.28. The molecule has 0 amide bonds. The minimum atomic E-state index is -0.766. The van der Waals surface area contributed by atoms with E-state index < -0.39 is 11.5 Å². The molecule has 0 atom stereocenters. The first-order valence-corrected chi connectivity index (χ1v) is 5.67. The fourth-order valence-corrected chi connectivity index (χ4v) is 2.03. The van der Waals surface area contributed by atoms with Gasteiger partial charge in [0.25, 0.3) is 0 Å². The molecule has 1 aromatic carbocycles. The van der Waals surface area contributed by atoms with Crippen molar-refractivity contribution in [3.8, 4) is 11.1 Å². The van der Waals surface area contributed by atoms with Crippen LogP contribution in [0, 0.1) is 5.95 Å². The summed E-state index contributed by atoms with van der Waals surface area (Å²) in [7, 11) is 0. The molecule has 0 aliphatic heterocycles. The molecule has 1 N–H and O–H groups in total. The van der Waals surface area contributed by atoms with Gasteiger partial charge in [-0.25, -0.2) is 0 Å². The van der Waals surface area contributed by atoms with E-state index in [0.717, 1.165) is 0 Å². The quantitative estimate of drug-likeness (QED) is 0.622. The van der Waals surface area contributed by atoms with E-state index in [2.05, 4.69) is 0 Å². The molecule has 2 rings (SSSR count). The van der Waals surface area contributed by atoms with Gasteiger partial charge in [-0.3, -0.25) is 9.78 Å². The highest BCUT2D eigenvalue weighted by Crippen LogP contribution is 2.38. The third-order valence-electron chi connectivity index (χ3n) is 2.20. The molecule has 2 aromatic rings. The minimum Gasteiger partial charge on any atom is -0.298 e. The number of aromatic amines is 1. The molecule has 2 nitrogen and oxygen atoms in total. The van der Waals surface area contributed by atoms with Gasteiger partial charge >= 0.3 is 0 Å². The van der Waals surface area contributed by atoms with Crippen LogP contribution in [0.2, 0.25) is 15.1 Å². The molecule has 0 fully saturated rings. The maximum atomic E-state index is 13.6. The Morgan fingerprint density at radius 2 is 1.59 bits per heavy atom. The lowest BCUT2D eigenvalue weighted by Crippen LogP contribution is -2.06. The highest BCUT2D eigenvalue weighted by atomic mass is 35.5. The van der Waals surface area contributed by atoms with Crippen molar-refractivity contribution in [1.82, 2.24) is 4.98 Å². The topological polar surface area (TPSA) is 32.9 Å². The first-order valence-electron chi connectivity index (χ1n) is 4.53. The number of benzene rings is 1. The third-order valence-corrected chi connectivity index (χ3v) is 3.49. The molecule has 17 heavy (non-hydrogen) atoms. The Morgan fingerprint density at radius 1 is 0.941 bits per heavy atom. The lowest BCUT2D eigenvalue weighted by molar-refractivity contribution is 0.583. The SMILES string of the molecule is O=c1ccc(-c2ccc(Cl)c(Cl)c2Cl)c(F)[nH]1. The Kier molecular flexibility index (Phi) is 3.43. The van der Waals surface area contributed by atoms with Gasteiger partial charge in [-0.2, -0.15) is 4.39 Å². The largest absolute Gasteiger partial charge is 0.298 e. The normalized spacial score (nSPS) is 10.6. The number of pyridine rings is 1. The zero-order chi connectivity index (χ0) is 12.6. The number of nitrogens with one attached hydrogen (secondary N) is 1. The molecule has 0 spiro atoms. The first kappa shape index (κ1) is 12.4. The molecule has 0 unspecified atom stereocenters. The van der Waals surface area contributed by atoms with Crippen molar-refractivity contribution in [3.05, 3.63) is 55.6 Å². The molecule has 0 saturated carbocycles. The molecule has 0 aliphatic rings. The summed E-state index contributed by atoms with van der Waals surface area (Å²) in [5.74, 6) is -0.766. The van der Waals surface area contributed by atoms with Crippen LogP contribution in [-0.4, -0.2) is 4.98 Å². The maximum Gasteiger partial charge on any atom is 0.250 e. The zero-order valence-electron chi connectivity index (χ0n) is 8.23. The minimum absolute atomic E-state index is 0.144. The van der Waals surface area contributed by atoms with E-state index in [9.17, 15) is 9.18 Å². The van der Waals surface area contributed by atoms with Crippen LogP contribution in [-0.2, 0) is 0 Å². The van der Waals surface area contributed by atoms with Gasteiger partial charge in [-0.15, -0.1) is 0 Å². The number of rotatable bonds is 1. The van der Waals surface area contributed by atoms with E-state index in [4.69, 9.17) is 34.8 Å². The number of hydrogen-bond acceptors (Lipinski definition) is 1. The summed E-state index contributed by atoms with van der Waals surface area (Å²) < 4.78 is 13.6. The van der Waals surface area contributed by atoms with E-state index in [-0.39, 0.29) is 20.6 Å². The van der Waals surface area contributed by atoms with Gasteiger partial charge < -0.3 is 0 Å². The molecule has 0 bridgehead atoms. The van der Waals surface area contributed by atoms with Crippen LogP contribution >= 0.6 is 34.8 Å². The van der Waals surface area contributed by atoms with Crippen LogP contribution in [0.15, 0.2) is 29.1 Å². The fraction of sp³-hybridized carbons (Fsp3) is 0. The van der Waals surface area contributed by atoms with Crippen LogP contribution in [0.1, 0.15) is 0 Å². The van der Waals surface area contributed by atoms with Gasteiger partial charge in [0.05, 0.1) is 15.1 Å². The number of H-pyrrole nitrogens is 1. The van der Waals surface area contributed by atoms with Crippen LogP contribution in [0.4, 0.5) is 4.39 Å². The molecule has 88 valence electrons. The second-order valence-electron chi connectivity index (χ2n) is 3.27. The second kappa shape index (κ2) is 4.69. The van der Waals surface area contributed by atoms with E-state index >= 15 is 0 Å². The van der Waals surface area contributed by atoms with Gasteiger partial charge in [-0.05, 0) is 12.1 Å². The lowest BCUT2D eigenvalue weighted by atomic mass is 10.1. The average molecular weight is 293 g/mol. The highest BCUT2D eigenvalue weighted by molar-refractivity contribution is 6.49. The van der Waals surface area contributed by atoms with Crippen LogP contribution in [0.25, 0.3) is 11.1 Å². The van der Waals surface area contributed by atoms with Crippen LogP contribution in [0.5, 0.6) is 0 Å². The van der Waals surface area contributed by atoms with Gasteiger partial charge in [0.1, 0.15) is 0 Å². The summed E-state index contributed by atoms with van der Waals surface area (Å²) in [5.41, 5.74) is 0.00502. The molecule has 1 aromatic heterocycles. The summed E-state index contributed by atoms with van der Waals surface area (Å²) in [6, 6.07) is 5.58. The molecule has 1 heterocycles. The predicted octanol–water partition coefficient (Wildman–Crippen LogP) is 4.14. The van der Waals surface area contributed by atoms with Gasteiger partial charge in [0.2, 0.25) is 11.5 Å². The molecule has 0 aliphatic carbocycles. The van der Waals surface area contributed by atoms with Crippen molar-refractivity contribution < 1.29 is 4.39 Å². The monoisotopic (exact) mass is 291 g/mol. The summed E-state index contributed by atoms with van der Waals surface area (Å²) in [5, 5.41) is 0.576. The van der Waals surface area contributed by atoms with E-state index in [1.807, 2.05) is 4.98 Å². The van der Waals surface area contributed by atoms with E-state index in [1.165, 1.54) is 24.3 Å². The third kappa shape index (κ3) is 2.32. The van der Waals surface area contributed by atoms with Crippen molar-refractivity contribution in [1.29, 1.82) is 0 Å². The number of halogens is 4. The van der Waals surface area contributed by atoms with Gasteiger partial charge in [0.15, 0.2) is 0 Å². The molecule has 0 saturated heterocycles. The zero-order valence-corrected chi connectivity index (χ0v) is 10.5. The standard InChI is InChI=1S/C11H5Cl3FNO/c12-7-3-1-5(9(13)10(7)14)6-2-4-8(17)16-11(6)15/h1-4H,(H,16,17). The Morgan fingerprint density at radius 3 is 2.24 bits per heavy atom. The molecular formula is C11H5Cl3FNO. The molecule has 6 heteroatoms. The summed E-state index contributed by atoms with van der Waals surface area (Å²) >= 11 is 17.6. The molecular weight excluding hydrogens is 287 g/mol. The van der Waals surface area contributed by atoms with Crippen LogP contribution < -0.4 is 5.56 Å². The Hall–Kier alpha value is -1.03. The summed E-state index contributed by atoms with van der Waals surface area (Å²) in [6.45, 7) is 0. The smallest absolute Gasteiger partial charge is 0.250 e. The molecule has 0 radical (unpaired) electrons. The Labute approximate surface area is 111 Å². The second-order valence-corrected chi connectivity index (χ2v) is 4.44. The Bertz CT molecular complexity index is 639. The van der Waals surface area contributed by atoms with E-state index in [0.29, 0.717) is 5.56 Å².